The SMILES string of the molecule is CO[C@@H]1O[C@@H](O[C@@H]2O[C@H](CO)[C@@H](O)[C@H](O)[C@H]2O)[C@@H]2C(COC(=O)SC)=C[C@@H]3OC(=O)[C@@H]1[C@H]23. The van der Waals surface area contributed by atoms with Crippen molar-refractivity contribution >= 4 is 23.0 Å². The Morgan fingerprint density at radius 2 is 1.84 bits per heavy atom. The first-order valence-corrected chi connectivity index (χ1v) is 11.3. The van der Waals surface area contributed by atoms with Gasteiger partial charge in [0.05, 0.1) is 6.61 Å². The molecule has 1 aliphatic carbocycles. The average molecular weight is 478 g/mol. The monoisotopic (exact) mass is 478 g/mol. The number of rotatable bonds is 6. The van der Waals surface area contributed by atoms with E-state index in [1.54, 1.807) is 12.3 Å². The van der Waals surface area contributed by atoms with Crippen LogP contribution in [-0.2, 0) is 33.2 Å². The van der Waals surface area contributed by atoms with Gasteiger partial charge in [-0.25, -0.2) is 4.79 Å². The van der Waals surface area contributed by atoms with Gasteiger partial charge in [-0.05, 0) is 29.7 Å². The third-order valence-corrected chi connectivity index (χ3v) is 6.72. The fourth-order valence-electron chi connectivity index (χ4n) is 4.72. The molecule has 0 aromatic rings. The zero-order valence-electron chi connectivity index (χ0n) is 17.3. The van der Waals surface area contributed by atoms with E-state index in [2.05, 4.69) is 0 Å². The van der Waals surface area contributed by atoms with E-state index in [9.17, 15) is 30.0 Å². The van der Waals surface area contributed by atoms with Gasteiger partial charge in [0, 0.05) is 18.9 Å². The lowest BCUT2D eigenvalue weighted by atomic mass is 9.78. The van der Waals surface area contributed by atoms with Crippen molar-refractivity contribution in [2.45, 2.75) is 49.4 Å². The van der Waals surface area contributed by atoms with Crippen molar-refractivity contribution in [2.75, 3.05) is 26.6 Å². The Kier molecular flexibility index (Phi) is 7.10. The molecule has 3 heterocycles. The summed E-state index contributed by atoms with van der Waals surface area (Å²) in [5.41, 5.74) is 0.601. The number of carbonyl (C=O) groups excluding carboxylic acids is 2. The summed E-state index contributed by atoms with van der Waals surface area (Å²) in [7, 11) is 1.36. The van der Waals surface area contributed by atoms with Crippen LogP contribution in [0, 0.1) is 17.8 Å². The number of aliphatic hydroxyl groups excluding tert-OH is 4. The van der Waals surface area contributed by atoms with Crippen molar-refractivity contribution in [1.29, 1.82) is 0 Å². The van der Waals surface area contributed by atoms with Gasteiger partial charge in [0.1, 0.15) is 43.0 Å². The average Bonchev–Trinajstić information content (AvgIpc) is 3.31. The topological polar surface area (TPSA) is 170 Å². The second kappa shape index (κ2) is 9.52. The van der Waals surface area contributed by atoms with E-state index in [-0.39, 0.29) is 6.61 Å². The van der Waals surface area contributed by atoms with Crippen LogP contribution < -0.4 is 0 Å². The third kappa shape index (κ3) is 4.06. The van der Waals surface area contributed by atoms with Crippen LogP contribution in [0.4, 0.5) is 4.79 Å². The van der Waals surface area contributed by atoms with Crippen LogP contribution in [0.15, 0.2) is 11.6 Å². The summed E-state index contributed by atoms with van der Waals surface area (Å²) in [5.74, 6) is -2.27. The van der Waals surface area contributed by atoms with Gasteiger partial charge in [-0.2, -0.15) is 0 Å². The highest BCUT2D eigenvalue weighted by atomic mass is 32.2. The summed E-state index contributed by atoms with van der Waals surface area (Å²) in [4.78, 5) is 24.0. The number of thioether (sulfide) groups is 1. The fourth-order valence-corrected chi connectivity index (χ4v) is 4.90. The van der Waals surface area contributed by atoms with Crippen LogP contribution in [0.3, 0.4) is 0 Å². The predicted molar refractivity (Wildman–Crippen MR) is 104 cm³/mol. The zero-order valence-corrected chi connectivity index (χ0v) is 18.1. The van der Waals surface area contributed by atoms with Gasteiger partial charge in [0.2, 0.25) is 0 Å². The minimum absolute atomic E-state index is 0.0862. The molecule has 0 saturated carbocycles. The van der Waals surface area contributed by atoms with Crippen LogP contribution in [0.2, 0.25) is 0 Å². The lowest BCUT2D eigenvalue weighted by molar-refractivity contribution is -0.375. The Morgan fingerprint density at radius 3 is 2.50 bits per heavy atom. The molecule has 12 nitrogen and oxygen atoms in total. The van der Waals surface area contributed by atoms with E-state index in [1.807, 2.05) is 0 Å². The number of hydrogen-bond acceptors (Lipinski definition) is 13. The first-order chi connectivity index (χ1) is 15.3. The third-order valence-electron chi connectivity index (χ3n) is 6.27. The minimum atomic E-state index is -1.64. The Bertz CT molecular complexity index is 759. The number of esters is 1. The molecule has 4 rings (SSSR count). The summed E-state index contributed by atoms with van der Waals surface area (Å²) in [6.07, 6.45) is -6.93. The maximum atomic E-state index is 12.4. The highest BCUT2D eigenvalue weighted by Gasteiger charge is 2.62. The Morgan fingerprint density at radius 1 is 1.09 bits per heavy atom. The normalized spacial score (nSPS) is 45.2. The molecule has 0 unspecified atom stereocenters. The maximum absolute atomic E-state index is 12.4. The van der Waals surface area contributed by atoms with Gasteiger partial charge in [-0.15, -0.1) is 0 Å². The first-order valence-electron chi connectivity index (χ1n) is 10.1. The molecule has 32 heavy (non-hydrogen) atoms. The minimum Gasteiger partial charge on any atom is -0.457 e. The summed E-state index contributed by atoms with van der Waals surface area (Å²) in [6, 6.07) is 0. The molecule has 0 aromatic heterocycles. The molecular weight excluding hydrogens is 452 g/mol. The number of methoxy groups -OCH3 is 1. The molecule has 0 amide bonds. The Labute approximate surface area is 187 Å². The maximum Gasteiger partial charge on any atom is 0.367 e. The van der Waals surface area contributed by atoms with E-state index >= 15 is 0 Å². The molecular formula is C19H26O12S. The van der Waals surface area contributed by atoms with E-state index in [4.69, 9.17) is 28.4 Å². The van der Waals surface area contributed by atoms with Crippen molar-refractivity contribution in [2.24, 2.45) is 17.8 Å². The highest BCUT2D eigenvalue weighted by molar-refractivity contribution is 8.12. The van der Waals surface area contributed by atoms with Crippen LogP contribution in [-0.4, -0.2) is 108 Å². The second-order valence-electron chi connectivity index (χ2n) is 7.96. The van der Waals surface area contributed by atoms with Gasteiger partial charge in [0.15, 0.2) is 18.9 Å². The lowest BCUT2D eigenvalue weighted by Crippen LogP contribution is -2.61. The van der Waals surface area contributed by atoms with Crippen LogP contribution >= 0.6 is 11.8 Å². The Hall–Kier alpha value is -1.29. The van der Waals surface area contributed by atoms with Crippen molar-refractivity contribution < 1.29 is 58.4 Å². The van der Waals surface area contributed by atoms with Crippen molar-refractivity contribution in [3.63, 3.8) is 0 Å². The molecule has 3 fully saturated rings. The molecule has 0 spiro atoms. The molecule has 0 aromatic carbocycles. The van der Waals surface area contributed by atoms with Crippen LogP contribution in [0.25, 0.3) is 0 Å². The summed E-state index contributed by atoms with van der Waals surface area (Å²) in [5, 5.41) is 39.3. The number of hydrogen-bond donors (Lipinski definition) is 4. The molecule has 3 saturated heterocycles. The largest absolute Gasteiger partial charge is 0.457 e. The van der Waals surface area contributed by atoms with Gasteiger partial charge in [-0.3, -0.25) is 4.79 Å². The molecule has 3 aliphatic heterocycles. The smallest absolute Gasteiger partial charge is 0.367 e. The standard InChI is InChI=1S/C19H26O12S/c1-26-16-11-10-7(28-15(11)24)3-6(5-27-19(25)32-2)9(10)17(30-16)31-18-14(23)13(22)12(21)8(4-20)29-18/h3,7-14,16-18,20-23H,4-5H2,1-2H3/t7-,8+,9+,10-,11-,12+,13-,14+,16+,17-,18-/m0/s1. The number of carbonyl (C=O) groups is 2. The van der Waals surface area contributed by atoms with Crippen molar-refractivity contribution in [3.05, 3.63) is 11.6 Å². The summed E-state index contributed by atoms with van der Waals surface area (Å²) in [6.45, 7) is -0.706. The van der Waals surface area contributed by atoms with Crippen LogP contribution in [0.5, 0.6) is 0 Å². The molecule has 4 N–H and O–H groups in total. The molecule has 13 heteroatoms. The van der Waals surface area contributed by atoms with E-state index in [1.165, 1.54) is 7.11 Å². The summed E-state index contributed by atoms with van der Waals surface area (Å²) >= 11 is 0.906. The fraction of sp³-hybridized carbons (Fsp3) is 0.789. The number of aliphatic hydroxyl groups is 4. The molecule has 4 aliphatic rings. The molecule has 0 bridgehead atoms. The number of ether oxygens (including phenoxy) is 6. The second-order valence-corrected chi connectivity index (χ2v) is 8.70. The van der Waals surface area contributed by atoms with Gasteiger partial charge >= 0.3 is 11.3 Å². The van der Waals surface area contributed by atoms with Crippen molar-refractivity contribution in [1.82, 2.24) is 0 Å². The van der Waals surface area contributed by atoms with E-state index in [0.717, 1.165) is 11.8 Å². The summed E-state index contributed by atoms with van der Waals surface area (Å²) < 4.78 is 33.2. The van der Waals surface area contributed by atoms with E-state index < -0.39 is 85.0 Å². The molecule has 0 radical (unpaired) electrons. The van der Waals surface area contributed by atoms with Crippen LogP contribution in [0.1, 0.15) is 0 Å². The Balaban J connectivity index is 1.58. The first kappa shape index (κ1) is 23.9. The van der Waals surface area contributed by atoms with Crippen molar-refractivity contribution in [3.8, 4) is 0 Å². The zero-order chi connectivity index (χ0) is 23.2. The van der Waals surface area contributed by atoms with E-state index in [0.29, 0.717) is 5.57 Å². The molecule has 11 atom stereocenters. The van der Waals surface area contributed by atoms with Gasteiger partial charge in [0.25, 0.3) is 0 Å². The van der Waals surface area contributed by atoms with Gasteiger partial charge in [-0.1, -0.05) is 0 Å². The van der Waals surface area contributed by atoms with Gasteiger partial charge < -0.3 is 48.8 Å². The highest BCUT2D eigenvalue weighted by Crippen LogP contribution is 2.52. The molecule has 180 valence electrons. The lowest BCUT2D eigenvalue weighted by Gasteiger charge is -2.45. The quantitative estimate of drug-likeness (QED) is 0.253. The predicted octanol–water partition coefficient (Wildman–Crippen LogP) is -1.65.